The molecule has 3 rings (SSSR count). The summed E-state index contributed by atoms with van der Waals surface area (Å²) >= 11 is 0. The molecule has 0 radical (unpaired) electrons. The molecular weight excluding hydrogens is 236 g/mol. The van der Waals surface area contributed by atoms with Crippen molar-refractivity contribution in [3.05, 3.63) is 11.1 Å². The molecule has 1 N–H and O–H groups in total. The van der Waals surface area contributed by atoms with Crippen molar-refractivity contribution in [2.45, 2.75) is 58.0 Å². The zero-order valence-electron chi connectivity index (χ0n) is 11.8. The van der Waals surface area contributed by atoms with E-state index in [-0.39, 0.29) is 5.41 Å². The van der Waals surface area contributed by atoms with E-state index in [0.717, 1.165) is 31.3 Å². The first-order chi connectivity index (χ1) is 8.93. The van der Waals surface area contributed by atoms with Crippen molar-refractivity contribution < 1.29 is 9.90 Å². The third kappa shape index (κ3) is 1.51. The monoisotopic (exact) mass is 258 g/mol. The Balaban J connectivity index is 2.02. The Hall–Kier alpha value is -1.07. The molecular formula is C17H22O2. The van der Waals surface area contributed by atoms with Gasteiger partial charge in [-0.2, -0.15) is 0 Å². The number of hydrogen-bond donors (Lipinski definition) is 1. The van der Waals surface area contributed by atoms with Gasteiger partial charge in [0.25, 0.3) is 0 Å². The van der Waals surface area contributed by atoms with Gasteiger partial charge in [0, 0.05) is 11.8 Å². The topological polar surface area (TPSA) is 37.3 Å². The summed E-state index contributed by atoms with van der Waals surface area (Å²) in [7, 11) is 0. The molecule has 0 bridgehead atoms. The second kappa shape index (κ2) is 3.96. The van der Waals surface area contributed by atoms with Crippen molar-refractivity contribution in [1.29, 1.82) is 0 Å². The average molecular weight is 258 g/mol. The Morgan fingerprint density at radius 2 is 2.05 bits per heavy atom. The Labute approximate surface area is 115 Å². The van der Waals surface area contributed by atoms with Crippen LogP contribution in [-0.4, -0.2) is 16.5 Å². The highest BCUT2D eigenvalue weighted by Crippen LogP contribution is 2.62. The Kier molecular flexibility index (Phi) is 2.70. The third-order valence-corrected chi connectivity index (χ3v) is 6.25. The van der Waals surface area contributed by atoms with E-state index in [2.05, 4.69) is 12.8 Å². The van der Waals surface area contributed by atoms with E-state index in [1.807, 2.05) is 6.92 Å². The highest BCUT2D eigenvalue weighted by molar-refractivity contribution is 5.96. The van der Waals surface area contributed by atoms with Gasteiger partial charge in [-0.3, -0.25) is 4.79 Å². The zero-order valence-corrected chi connectivity index (χ0v) is 11.8. The molecule has 2 saturated carbocycles. The van der Waals surface area contributed by atoms with Crippen molar-refractivity contribution in [3.63, 3.8) is 0 Å². The summed E-state index contributed by atoms with van der Waals surface area (Å²) in [5.41, 5.74) is 1.24. The molecule has 3 aliphatic rings. The fourth-order valence-electron chi connectivity index (χ4n) is 4.87. The van der Waals surface area contributed by atoms with Crippen LogP contribution < -0.4 is 0 Å². The molecule has 2 fully saturated rings. The number of hydrogen-bond acceptors (Lipinski definition) is 2. The first kappa shape index (κ1) is 12.9. The van der Waals surface area contributed by atoms with Crippen molar-refractivity contribution in [3.8, 4) is 12.3 Å². The molecule has 102 valence electrons. The molecule has 2 nitrogen and oxygen atoms in total. The van der Waals surface area contributed by atoms with E-state index < -0.39 is 5.60 Å². The lowest BCUT2D eigenvalue weighted by atomic mass is 9.56. The largest absolute Gasteiger partial charge is 0.377 e. The second-order valence-electron chi connectivity index (χ2n) is 6.79. The van der Waals surface area contributed by atoms with Crippen LogP contribution in [0.3, 0.4) is 0 Å². The van der Waals surface area contributed by atoms with Crippen LogP contribution in [0.2, 0.25) is 0 Å². The van der Waals surface area contributed by atoms with Crippen molar-refractivity contribution in [2.75, 3.05) is 0 Å². The van der Waals surface area contributed by atoms with Gasteiger partial charge in [-0.05, 0) is 56.4 Å². The zero-order chi connectivity index (χ0) is 13.8. The summed E-state index contributed by atoms with van der Waals surface area (Å²) in [6.07, 6.45) is 10.8. The molecule has 0 aliphatic heterocycles. The Morgan fingerprint density at radius 3 is 2.74 bits per heavy atom. The van der Waals surface area contributed by atoms with Crippen LogP contribution in [0.15, 0.2) is 11.1 Å². The molecule has 0 unspecified atom stereocenters. The van der Waals surface area contributed by atoms with Gasteiger partial charge < -0.3 is 5.11 Å². The average Bonchev–Trinajstić information content (AvgIpc) is 2.67. The maximum atomic E-state index is 11.9. The summed E-state index contributed by atoms with van der Waals surface area (Å²) in [5.74, 6) is 3.90. The minimum Gasteiger partial charge on any atom is -0.377 e. The van der Waals surface area contributed by atoms with Crippen LogP contribution in [0, 0.1) is 29.6 Å². The number of carbonyl (C=O) groups excluding carboxylic acids is 1. The lowest BCUT2D eigenvalue weighted by Gasteiger charge is -2.49. The minimum atomic E-state index is -0.946. The summed E-state index contributed by atoms with van der Waals surface area (Å²) in [4.78, 5) is 11.9. The molecule has 0 spiro atoms. The van der Waals surface area contributed by atoms with Crippen LogP contribution in [0.1, 0.15) is 52.4 Å². The van der Waals surface area contributed by atoms with Crippen LogP contribution in [0.25, 0.3) is 0 Å². The van der Waals surface area contributed by atoms with Gasteiger partial charge in [-0.1, -0.05) is 18.4 Å². The van der Waals surface area contributed by atoms with Crippen molar-refractivity contribution >= 4 is 5.78 Å². The summed E-state index contributed by atoms with van der Waals surface area (Å²) < 4.78 is 0. The van der Waals surface area contributed by atoms with Gasteiger partial charge in [0.1, 0.15) is 5.60 Å². The number of Topliss-reactive ketones (excluding diaryl/α,β-unsaturated/α-hetero) is 1. The Morgan fingerprint density at radius 1 is 1.32 bits per heavy atom. The molecule has 0 amide bonds. The summed E-state index contributed by atoms with van der Waals surface area (Å²) in [6, 6.07) is 0. The molecule has 0 saturated heterocycles. The number of ketones is 1. The minimum absolute atomic E-state index is 0.170. The molecule has 0 aromatic carbocycles. The molecule has 0 aromatic rings. The lowest BCUT2D eigenvalue weighted by Crippen LogP contribution is -2.49. The van der Waals surface area contributed by atoms with Gasteiger partial charge >= 0.3 is 0 Å². The van der Waals surface area contributed by atoms with Crippen LogP contribution in [0.4, 0.5) is 0 Å². The van der Waals surface area contributed by atoms with E-state index in [1.54, 1.807) is 0 Å². The van der Waals surface area contributed by atoms with Gasteiger partial charge in [-0.25, -0.2) is 0 Å². The van der Waals surface area contributed by atoms with E-state index in [9.17, 15) is 9.90 Å². The number of aliphatic hydroxyl groups is 1. The van der Waals surface area contributed by atoms with Gasteiger partial charge in [-0.15, -0.1) is 6.42 Å². The quantitative estimate of drug-likeness (QED) is 0.678. The smallest absolute Gasteiger partial charge is 0.158 e. The lowest BCUT2D eigenvalue weighted by molar-refractivity contribution is -0.117. The standard InChI is InChI=1S/C17H22O2/c1-4-17(19)10-8-14-13-5-6-15(18)11(2)12(13)7-9-16(14,17)3/h1,13-14,19H,5-10H2,2-3H3/t13-,14+,16+,17+/m1/s1. The summed E-state index contributed by atoms with van der Waals surface area (Å²) in [5, 5.41) is 10.7. The predicted molar refractivity (Wildman–Crippen MR) is 74.3 cm³/mol. The number of terminal acetylenes is 1. The SMILES string of the molecule is C#C[C@]1(O)CC[C@H]2[C@@H]3CCC(=O)C(C)=C3CC[C@@]21C. The molecule has 19 heavy (non-hydrogen) atoms. The molecule has 4 atom stereocenters. The fourth-order valence-corrected chi connectivity index (χ4v) is 4.87. The van der Waals surface area contributed by atoms with E-state index in [0.29, 0.717) is 30.5 Å². The normalized spacial score (nSPS) is 45.7. The molecule has 0 heterocycles. The second-order valence-corrected chi connectivity index (χ2v) is 6.79. The molecule has 2 heteroatoms. The molecule has 3 aliphatic carbocycles. The number of fused-ring (bicyclic) bond motifs is 3. The van der Waals surface area contributed by atoms with E-state index in [1.165, 1.54) is 5.57 Å². The fraction of sp³-hybridized carbons (Fsp3) is 0.706. The van der Waals surface area contributed by atoms with Crippen LogP contribution in [-0.2, 0) is 4.79 Å². The van der Waals surface area contributed by atoms with Crippen molar-refractivity contribution in [1.82, 2.24) is 0 Å². The molecule has 0 aromatic heterocycles. The highest BCUT2D eigenvalue weighted by atomic mass is 16.3. The van der Waals surface area contributed by atoms with Gasteiger partial charge in [0.15, 0.2) is 5.78 Å². The van der Waals surface area contributed by atoms with E-state index >= 15 is 0 Å². The van der Waals surface area contributed by atoms with E-state index in [4.69, 9.17) is 6.42 Å². The Bertz CT molecular complexity index is 510. The van der Waals surface area contributed by atoms with Crippen molar-refractivity contribution in [2.24, 2.45) is 17.3 Å². The highest BCUT2D eigenvalue weighted by Gasteiger charge is 2.60. The van der Waals surface area contributed by atoms with Crippen LogP contribution in [0.5, 0.6) is 0 Å². The predicted octanol–water partition coefficient (Wildman–Crippen LogP) is 2.86. The van der Waals surface area contributed by atoms with Gasteiger partial charge in [0.2, 0.25) is 0 Å². The third-order valence-electron chi connectivity index (χ3n) is 6.25. The van der Waals surface area contributed by atoms with Gasteiger partial charge in [0.05, 0.1) is 0 Å². The first-order valence-corrected chi connectivity index (χ1v) is 7.36. The summed E-state index contributed by atoms with van der Waals surface area (Å²) in [6.45, 7) is 4.14. The number of allylic oxidation sites excluding steroid dienone is 2. The van der Waals surface area contributed by atoms with Crippen LogP contribution >= 0.6 is 0 Å². The maximum absolute atomic E-state index is 11.9. The number of carbonyl (C=O) groups is 1. The first-order valence-electron chi connectivity index (χ1n) is 7.36. The maximum Gasteiger partial charge on any atom is 0.158 e. The number of rotatable bonds is 0.